The summed E-state index contributed by atoms with van der Waals surface area (Å²) in [6, 6.07) is 14.6. The number of hydrogen-bond donors (Lipinski definition) is 13. The van der Waals surface area contributed by atoms with Crippen LogP contribution in [0.15, 0.2) is 91.1 Å². The van der Waals surface area contributed by atoms with Crippen LogP contribution in [0.2, 0.25) is 0 Å². The molecule has 0 unspecified atom stereocenters. The quantitative estimate of drug-likeness (QED) is 0.0316. The van der Waals surface area contributed by atoms with Gasteiger partial charge in [-0.25, -0.2) is 4.79 Å². The molecule has 4 rings (SSSR count). The van der Waals surface area contributed by atoms with E-state index in [4.69, 9.17) is 11.5 Å². The number of aliphatic carboxylic acids is 1. The molecule has 20 heteroatoms. The smallest absolute Gasteiger partial charge is 0.328 e. The van der Waals surface area contributed by atoms with Crippen LogP contribution in [0, 0.1) is 0 Å². The molecule has 3 aromatic carbocycles. The lowest BCUT2D eigenvalue weighted by Crippen LogP contribution is -2.63. The number of nitrogens with two attached hydrogens (primary N) is 2. The Kier molecular flexibility index (Phi) is 20.2. The van der Waals surface area contributed by atoms with E-state index in [-0.39, 0.29) is 32.2 Å². The Morgan fingerprint density at radius 2 is 1.05 bits per heavy atom. The lowest BCUT2D eigenvalue weighted by molar-refractivity contribution is -0.144. The first-order valence-electron chi connectivity index (χ1n) is 21.6. The number of carbonyl (C=O) groups excluding carboxylic acids is 6. The largest absolute Gasteiger partial charge is 0.480 e. The Balaban J connectivity index is 1.57. The van der Waals surface area contributed by atoms with Crippen molar-refractivity contribution in [3.05, 3.63) is 108 Å². The topological polar surface area (TPSA) is 340 Å². The molecule has 0 aliphatic heterocycles. The van der Waals surface area contributed by atoms with Gasteiger partial charge in [-0.05, 0) is 68.8 Å². The zero-order valence-electron chi connectivity index (χ0n) is 36.8. The number of aliphatic hydroxyl groups is 3. The maximum absolute atomic E-state index is 14.3. The Labute approximate surface area is 381 Å². The average Bonchev–Trinajstić information content (AvgIpc) is 3.70. The van der Waals surface area contributed by atoms with Crippen molar-refractivity contribution in [3.63, 3.8) is 0 Å². The fraction of sp³-hybridized carbons (Fsp3) is 0.413. The number of benzene rings is 3. The lowest BCUT2D eigenvalue weighted by atomic mass is 10.0. The van der Waals surface area contributed by atoms with Gasteiger partial charge in [0, 0.05) is 29.9 Å². The highest BCUT2D eigenvalue weighted by Crippen LogP contribution is 2.20. The average molecular weight is 916 g/mol. The maximum atomic E-state index is 14.3. The van der Waals surface area contributed by atoms with Crippen LogP contribution in [0.3, 0.4) is 0 Å². The van der Waals surface area contributed by atoms with Crippen molar-refractivity contribution < 1.29 is 54.0 Å². The van der Waals surface area contributed by atoms with Gasteiger partial charge >= 0.3 is 5.97 Å². The van der Waals surface area contributed by atoms with E-state index in [1.807, 2.05) is 59.9 Å². The molecule has 1 heterocycles. The number of fused-ring (bicyclic) bond motifs is 1. The second-order valence-electron chi connectivity index (χ2n) is 16.1. The zero-order chi connectivity index (χ0) is 48.3. The summed E-state index contributed by atoms with van der Waals surface area (Å²) in [6.07, 6.45) is -0.585. The van der Waals surface area contributed by atoms with E-state index in [9.17, 15) is 54.0 Å². The number of H-pyrrole nitrogens is 1. The molecule has 4 aromatic rings. The van der Waals surface area contributed by atoms with Crippen molar-refractivity contribution in [2.24, 2.45) is 11.5 Å². The van der Waals surface area contributed by atoms with E-state index in [1.54, 1.807) is 36.5 Å². The number of para-hydroxylation sites is 1. The molecule has 9 atom stereocenters. The fourth-order valence-electron chi connectivity index (χ4n) is 7.09. The number of aromatic amines is 1. The Hall–Kier alpha value is -6.71. The molecule has 0 aliphatic carbocycles. The summed E-state index contributed by atoms with van der Waals surface area (Å²) in [6.45, 7) is 1.66. The summed E-state index contributed by atoms with van der Waals surface area (Å²) in [7, 11) is 0. The molecule has 356 valence electrons. The van der Waals surface area contributed by atoms with Crippen LogP contribution in [0.1, 0.15) is 49.8 Å². The number of carbonyl (C=O) groups is 7. The third-order valence-corrected chi connectivity index (χ3v) is 10.8. The van der Waals surface area contributed by atoms with Gasteiger partial charge in [0.25, 0.3) is 0 Å². The van der Waals surface area contributed by atoms with Gasteiger partial charge in [0.2, 0.25) is 35.4 Å². The summed E-state index contributed by atoms with van der Waals surface area (Å²) in [5, 5.41) is 55.6. The number of aromatic nitrogens is 1. The highest BCUT2D eigenvalue weighted by Gasteiger charge is 2.36. The van der Waals surface area contributed by atoms with Crippen molar-refractivity contribution in [1.29, 1.82) is 0 Å². The molecule has 66 heavy (non-hydrogen) atoms. The number of carboxylic acid groups (broad SMARTS) is 1. The molecule has 0 radical (unpaired) electrons. The van der Waals surface area contributed by atoms with E-state index in [0.717, 1.165) is 23.4 Å². The first-order valence-corrected chi connectivity index (χ1v) is 21.6. The van der Waals surface area contributed by atoms with Crippen molar-refractivity contribution in [1.82, 2.24) is 36.9 Å². The summed E-state index contributed by atoms with van der Waals surface area (Å²) in [4.78, 5) is 97.3. The highest BCUT2D eigenvalue weighted by molar-refractivity contribution is 5.98. The predicted molar refractivity (Wildman–Crippen MR) is 243 cm³/mol. The maximum Gasteiger partial charge on any atom is 0.328 e. The van der Waals surface area contributed by atoms with E-state index < -0.39 is 103 Å². The summed E-state index contributed by atoms with van der Waals surface area (Å²) < 4.78 is 0. The second-order valence-corrected chi connectivity index (χ2v) is 16.1. The first kappa shape index (κ1) is 51.9. The second kappa shape index (κ2) is 25.7. The number of aliphatic hydroxyl groups excluding tert-OH is 3. The SMILES string of the molecule is C[C@@H](O)[C@H](NC(=O)[C@H](Cc1ccccc1)NC(=O)[C@@H](NC(=O)[C@H](CCCCN)NC(=O)[C@H](Cc1c[nH]c2ccccc12)NC(=O)[C@@H](N)Cc1ccccc1)[C@@H](C)O)C(=O)N[C@@H](CO)C(=O)O. The molecule has 1 aromatic heterocycles. The van der Waals surface area contributed by atoms with Gasteiger partial charge in [0.1, 0.15) is 36.3 Å². The molecule has 0 spiro atoms. The van der Waals surface area contributed by atoms with E-state index in [1.165, 1.54) is 6.92 Å². The molecule has 0 fully saturated rings. The minimum atomic E-state index is -1.75. The van der Waals surface area contributed by atoms with Crippen molar-refractivity contribution in [3.8, 4) is 0 Å². The highest BCUT2D eigenvalue weighted by atomic mass is 16.4. The van der Waals surface area contributed by atoms with Gasteiger partial charge in [0.15, 0.2) is 0 Å². The Morgan fingerprint density at radius 3 is 1.59 bits per heavy atom. The van der Waals surface area contributed by atoms with Crippen molar-refractivity contribution >= 4 is 52.3 Å². The van der Waals surface area contributed by atoms with Gasteiger partial charge in [-0.1, -0.05) is 78.9 Å². The molecule has 6 amide bonds. The summed E-state index contributed by atoms with van der Waals surface area (Å²) in [5.41, 5.74) is 14.9. The van der Waals surface area contributed by atoms with Gasteiger partial charge in [0.05, 0.1) is 24.9 Å². The summed E-state index contributed by atoms with van der Waals surface area (Å²) in [5.74, 6) is -6.99. The molecular formula is C46H61N9O11. The van der Waals surface area contributed by atoms with Crippen LogP contribution in [0.5, 0.6) is 0 Å². The summed E-state index contributed by atoms with van der Waals surface area (Å²) >= 11 is 0. The minimum Gasteiger partial charge on any atom is -0.480 e. The monoisotopic (exact) mass is 915 g/mol. The normalized spacial score (nSPS) is 15.3. The van der Waals surface area contributed by atoms with Crippen molar-refractivity contribution in [2.45, 2.75) is 107 Å². The van der Waals surface area contributed by atoms with Gasteiger partial charge in [-0.15, -0.1) is 0 Å². The van der Waals surface area contributed by atoms with E-state index >= 15 is 0 Å². The molecule has 0 saturated carbocycles. The van der Waals surface area contributed by atoms with Gasteiger partial charge in [-0.3, -0.25) is 28.8 Å². The van der Waals surface area contributed by atoms with Crippen LogP contribution in [-0.4, -0.2) is 134 Å². The molecular weight excluding hydrogens is 855 g/mol. The van der Waals surface area contributed by atoms with E-state index in [0.29, 0.717) is 24.0 Å². The number of amides is 6. The third kappa shape index (κ3) is 15.5. The predicted octanol–water partition coefficient (Wildman–Crippen LogP) is -1.60. The first-order chi connectivity index (χ1) is 31.5. The number of nitrogens with one attached hydrogen (secondary N) is 7. The van der Waals surface area contributed by atoms with Gasteiger partial charge < -0.3 is 68.8 Å². The van der Waals surface area contributed by atoms with Crippen LogP contribution >= 0.6 is 0 Å². The Morgan fingerprint density at radius 1 is 0.576 bits per heavy atom. The molecule has 0 bridgehead atoms. The van der Waals surface area contributed by atoms with Gasteiger partial charge in [-0.2, -0.15) is 0 Å². The van der Waals surface area contributed by atoms with E-state index in [2.05, 4.69) is 31.6 Å². The molecule has 15 N–H and O–H groups in total. The van der Waals surface area contributed by atoms with Crippen LogP contribution in [0.4, 0.5) is 0 Å². The number of unbranched alkanes of at least 4 members (excludes halogenated alkanes) is 1. The molecule has 0 aliphatic rings. The fourth-order valence-corrected chi connectivity index (χ4v) is 7.09. The van der Waals surface area contributed by atoms with Crippen molar-refractivity contribution in [2.75, 3.05) is 13.2 Å². The van der Waals surface area contributed by atoms with Crippen LogP contribution in [-0.2, 0) is 52.8 Å². The van der Waals surface area contributed by atoms with Crippen LogP contribution in [0.25, 0.3) is 10.9 Å². The standard InChI is InChI=1S/C46H61N9O11/c1-26(57)38(44(63)52-35(22-29-15-7-4-8-16-29)43(62)55-39(27(2)58)45(64)53-37(25-56)46(65)66)54-41(60)34(19-11-12-20-47)50-42(61)36(23-30-24-49-33-18-10-9-17-31(30)33)51-40(59)32(48)21-28-13-5-3-6-14-28/h3-10,13-18,24,26-27,32,34-39,49,56-58H,11-12,19-23,25,47-48H2,1-2H3,(H,50,61)(H,51,59)(H,52,63)(H,53,64)(H,54,60)(H,55,62)(H,65,66)/t26-,27-,32+,34+,35+,36+,37+,38+,39+/m1/s1. The minimum absolute atomic E-state index is 0.000490. The molecule has 20 nitrogen and oxygen atoms in total. The molecule has 0 saturated heterocycles. The number of rotatable bonds is 26. The zero-order valence-corrected chi connectivity index (χ0v) is 36.8. The number of carboxylic acids is 1. The lowest BCUT2D eigenvalue weighted by Gasteiger charge is -2.29. The Bertz CT molecular complexity index is 2240. The van der Waals surface area contributed by atoms with Crippen LogP contribution < -0.4 is 43.4 Å². The number of hydrogen-bond acceptors (Lipinski definition) is 12. The third-order valence-electron chi connectivity index (χ3n) is 10.8.